The van der Waals surface area contributed by atoms with Crippen molar-refractivity contribution in [2.24, 2.45) is 0 Å². The van der Waals surface area contributed by atoms with Crippen LogP contribution < -0.4 is 10.6 Å². The Hall–Kier alpha value is -1.14. The zero-order valence-electron chi connectivity index (χ0n) is 9.35. The smallest absolute Gasteiger partial charge is 0.221 e. The predicted molar refractivity (Wildman–Crippen MR) is 63.4 cm³/mol. The van der Waals surface area contributed by atoms with Crippen LogP contribution in [0.25, 0.3) is 0 Å². The van der Waals surface area contributed by atoms with Crippen LogP contribution in [0.5, 0.6) is 0 Å². The van der Waals surface area contributed by atoms with E-state index >= 15 is 0 Å². The Kier molecular flexibility index (Phi) is 8.46. The minimum atomic E-state index is 0. The number of nitrogens with one attached hydrogen (secondary N) is 2. The van der Waals surface area contributed by atoms with Gasteiger partial charge in [-0.15, -0.1) is 12.4 Å². The van der Waals surface area contributed by atoms with Gasteiger partial charge in [0.2, 0.25) is 5.91 Å². The summed E-state index contributed by atoms with van der Waals surface area (Å²) in [5.41, 5.74) is 0. The Balaban J connectivity index is 0.00000225. The molecule has 0 saturated heterocycles. The summed E-state index contributed by atoms with van der Waals surface area (Å²) in [5, 5.41) is 9.86. The molecule has 0 aliphatic carbocycles. The van der Waals surface area contributed by atoms with Crippen molar-refractivity contribution in [2.45, 2.75) is 19.9 Å². The van der Waals surface area contributed by atoms with E-state index in [9.17, 15) is 4.79 Å². The van der Waals surface area contributed by atoms with E-state index in [0.717, 1.165) is 13.1 Å². The van der Waals surface area contributed by atoms with Crippen LogP contribution >= 0.6 is 12.4 Å². The lowest BCUT2D eigenvalue weighted by Gasteiger charge is -2.05. The van der Waals surface area contributed by atoms with Crippen molar-refractivity contribution < 1.29 is 4.79 Å². The van der Waals surface area contributed by atoms with Crippen LogP contribution in [0.4, 0.5) is 0 Å². The normalized spacial score (nSPS) is 9.56. The highest BCUT2D eigenvalue weighted by atomic mass is 35.5. The molecule has 2 N–H and O–H groups in total. The molecule has 1 amide bonds. The van der Waals surface area contributed by atoms with Gasteiger partial charge < -0.3 is 10.6 Å². The molecule has 7 heteroatoms. The molecule has 6 nitrogen and oxygen atoms in total. The zero-order chi connectivity index (χ0) is 10.9. The minimum absolute atomic E-state index is 0. The van der Waals surface area contributed by atoms with E-state index in [0.29, 0.717) is 19.5 Å². The number of rotatable bonds is 7. The Labute approximate surface area is 101 Å². The molecule has 16 heavy (non-hydrogen) atoms. The molecule has 1 rings (SSSR count). The van der Waals surface area contributed by atoms with Crippen LogP contribution in [-0.4, -0.2) is 40.3 Å². The summed E-state index contributed by atoms with van der Waals surface area (Å²) in [6.07, 6.45) is 3.50. The first-order valence-electron chi connectivity index (χ1n) is 5.12. The van der Waals surface area contributed by atoms with Gasteiger partial charge in [0.1, 0.15) is 12.7 Å². The number of hydrogen-bond acceptors (Lipinski definition) is 4. The van der Waals surface area contributed by atoms with E-state index in [-0.39, 0.29) is 18.3 Å². The molecular formula is C9H18ClN5O. The third-order valence-electron chi connectivity index (χ3n) is 1.91. The summed E-state index contributed by atoms with van der Waals surface area (Å²) >= 11 is 0. The number of aryl methyl sites for hydroxylation is 1. The van der Waals surface area contributed by atoms with Crippen LogP contribution in [0, 0.1) is 0 Å². The highest BCUT2D eigenvalue weighted by Crippen LogP contribution is 1.86. The summed E-state index contributed by atoms with van der Waals surface area (Å²) in [4.78, 5) is 15.1. The molecule has 0 atom stereocenters. The van der Waals surface area contributed by atoms with Gasteiger partial charge in [-0.3, -0.25) is 9.48 Å². The van der Waals surface area contributed by atoms with E-state index in [4.69, 9.17) is 0 Å². The van der Waals surface area contributed by atoms with Crippen molar-refractivity contribution >= 4 is 18.3 Å². The number of carbonyl (C=O) groups is 1. The van der Waals surface area contributed by atoms with Crippen LogP contribution in [0.2, 0.25) is 0 Å². The third kappa shape index (κ3) is 6.36. The number of aromatic nitrogens is 3. The molecular weight excluding hydrogens is 230 g/mol. The maximum absolute atomic E-state index is 11.3. The monoisotopic (exact) mass is 247 g/mol. The van der Waals surface area contributed by atoms with Crippen molar-refractivity contribution in [3.05, 3.63) is 12.7 Å². The van der Waals surface area contributed by atoms with Gasteiger partial charge >= 0.3 is 0 Å². The molecule has 0 radical (unpaired) electrons. The average Bonchev–Trinajstić information content (AvgIpc) is 2.74. The van der Waals surface area contributed by atoms with E-state index in [1.54, 1.807) is 11.0 Å². The van der Waals surface area contributed by atoms with Crippen molar-refractivity contribution in [1.82, 2.24) is 25.4 Å². The summed E-state index contributed by atoms with van der Waals surface area (Å²) in [7, 11) is 0. The Morgan fingerprint density at radius 2 is 2.25 bits per heavy atom. The molecule has 0 fully saturated rings. The SMILES string of the molecule is CCNCCNC(=O)CCn1cncn1.Cl. The fourth-order valence-corrected chi connectivity index (χ4v) is 1.12. The van der Waals surface area contributed by atoms with Crippen LogP contribution in [0.15, 0.2) is 12.7 Å². The summed E-state index contributed by atoms with van der Waals surface area (Å²) in [6, 6.07) is 0. The van der Waals surface area contributed by atoms with Gasteiger partial charge in [-0.05, 0) is 6.54 Å². The highest BCUT2D eigenvalue weighted by molar-refractivity contribution is 5.85. The summed E-state index contributed by atoms with van der Waals surface area (Å²) in [5.74, 6) is 0.0448. The van der Waals surface area contributed by atoms with Gasteiger partial charge in [-0.1, -0.05) is 6.92 Å². The third-order valence-corrected chi connectivity index (χ3v) is 1.91. The lowest BCUT2D eigenvalue weighted by molar-refractivity contribution is -0.121. The number of hydrogen-bond donors (Lipinski definition) is 2. The van der Waals surface area contributed by atoms with Crippen molar-refractivity contribution in [2.75, 3.05) is 19.6 Å². The van der Waals surface area contributed by atoms with Crippen LogP contribution in [0.3, 0.4) is 0 Å². The lowest BCUT2D eigenvalue weighted by atomic mass is 10.4. The molecule has 0 unspecified atom stereocenters. The molecule has 0 aliphatic heterocycles. The van der Waals surface area contributed by atoms with Crippen molar-refractivity contribution in [3.8, 4) is 0 Å². The van der Waals surface area contributed by atoms with E-state index in [1.165, 1.54) is 6.33 Å². The van der Waals surface area contributed by atoms with Crippen molar-refractivity contribution in [1.29, 1.82) is 0 Å². The zero-order valence-corrected chi connectivity index (χ0v) is 10.2. The van der Waals surface area contributed by atoms with Gasteiger partial charge in [-0.25, -0.2) is 4.98 Å². The predicted octanol–water partition coefficient (Wildman–Crippen LogP) is -0.184. The first-order chi connectivity index (χ1) is 7.33. The van der Waals surface area contributed by atoms with Crippen LogP contribution in [0.1, 0.15) is 13.3 Å². The Morgan fingerprint density at radius 1 is 1.44 bits per heavy atom. The summed E-state index contributed by atoms with van der Waals surface area (Å²) in [6.45, 7) is 5.02. The topological polar surface area (TPSA) is 71.8 Å². The van der Waals surface area contributed by atoms with Crippen LogP contribution in [-0.2, 0) is 11.3 Å². The molecule has 0 spiro atoms. The fraction of sp³-hybridized carbons (Fsp3) is 0.667. The quantitative estimate of drug-likeness (QED) is 0.656. The number of amides is 1. The number of carbonyl (C=O) groups excluding carboxylic acids is 1. The van der Waals surface area contributed by atoms with Gasteiger partial charge in [0, 0.05) is 19.5 Å². The van der Waals surface area contributed by atoms with Gasteiger partial charge in [0.05, 0.1) is 6.54 Å². The molecule has 1 aromatic heterocycles. The second-order valence-corrected chi connectivity index (χ2v) is 3.11. The number of likely N-dealkylation sites (N-methyl/N-ethyl adjacent to an activating group) is 1. The lowest BCUT2D eigenvalue weighted by Crippen LogP contribution is -2.32. The van der Waals surface area contributed by atoms with E-state index in [1.807, 2.05) is 6.92 Å². The largest absolute Gasteiger partial charge is 0.355 e. The molecule has 1 aromatic rings. The molecule has 1 heterocycles. The van der Waals surface area contributed by atoms with Gasteiger partial charge in [0.15, 0.2) is 0 Å². The molecule has 0 aliphatic rings. The molecule has 0 aromatic carbocycles. The molecule has 0 bridgehead atoms. The fourth-order valence-electron chi connectivity index (χ4n) is 1.12. The van der Waals surface area contributed by atoms with Crippen molar-refractivity contribution in [3.63, 3.8) is 0 Å². The second kappa shape index (κ2) is 9.11. The first-order valence-corrected chi connectivity index (χ1v) is 5.12. The number of nitrogens with zero attached hydrogens (tertiary/aromatic N) is 3. The maximum atomic E-state index is 11.3. The second-order valence-electron chi connectivity index (χ2n) is 3.11. The number of halogens is 1. The highest BCUT2D eigenvalue weighted by Gasteiger charge is 2.00. The van der Waals surface area contributed by atoms with Gasteiger partial charge in [-0.2, -0.15) is 5.10 Å². The Morgan fingerprint density at radius 3 is 2.88 bits per heavy atom. The van der Waals surface area contributed by atoms with E-state index < -0.39 is 0 Å². The maximum Gasteiger partial charge on any atom is 0.221 e. The summed E-state index contributed by atoms with van der Waals surface area (Å²) < 4.78 is 1.64. The average molecular weight is 248 g/mol. The van der Waals surface area contributed by atoms with E-state index in [2.05, 4.69) is 20.7 Å². The first kappa shape index (κ1) is 14.9. The Bertz CT molecular complexity index is 277. The molecule has 92 valence electrons. The molecule has 0 saturated carbocycles. The van der Waals surface area contributed by atoms with Gasteiger partial charge in [0.25, 0.3) is 0 Å². The minimum Gasteiger partial charge on any atom is -0.355 e. The standard InChI is InChI=1S/C9H17N5O.ClH/c1-2-10-4-5-12-9(15)3-6-14-8-11-7-13-14;/h7-8,10H,2-6H2,1H3,(H,12,15);1H.